The Bertz CT molecular complexity index is 445. The zero-order valence-corrected chi connectivity index (χ0v) is 12.0. The Morgan fingerprint density at radius 2 is 1.95 bits per heavy atom. The summed E-state index contributed by atoms with van der Waals surface area (Å²) in [5, 5.41) is 10.1. The van der Waals surface area contributed by atoms with Crippen molar-refractivity contribution in [2.45, 2.75) is 25.0 Å². The number of piperidine rings is 1. The summed E-state index contributed by atoms with van der Waals surface area (Å²) in [6.45, 7) is 2.09. The van der Waals surface area contributed by atoms with Gasteiger partial charge in [0.15, 0.2) is 11.6 Å². The molecule has 1 unspecified atom stereocenters. The maximum atomic E-state index is 13.6. The molecule has 0 spiro atoms. The van der Waals surface area contributed by atoms with Crippen LogP contribution in [0.1, 0.15) is 24.5 Å². The molecule has 1 fully saturated rings. The van der Waals surface area contributed by atoms with Crippen LogP contribution in [0.15, 0.2) is 18.2 Å². The van der Waals surface area contributed by atoms with Gasteiger partial charge in [0, 0.05) is 18.2 Å². The van der Waals surface area contributed by atoms with Crippen molar-refractivity contribution in [3.63, 3.8) is 0 Å². The first kappa shape index (κ1) is 15.4. The van der Waals surface area contributed by atoms with Gasteiger partial charge in [-0.25, -0.2) is 8.78 Å². The highest BCUT2D eigenvalue weighted by Gasteiger charge is 2.24. The van der Waals surface area contributed by atoms with Gasteiger partial charge >= 0.3 is 0 Å². The van der Waals surface area contributed by atoms with Gasteiger partial charge < -0.3 is 14.9 Å². The lowest BCUT2D eigenvalue weighted by molar-refractivity contribution is 0.0776. The first-order chi connectivity index (χ1) is 9.49. The molecule has 2 rings (SSSR count). The molecule has 1 aromatic carbocycles. The summed E-state index contributed by atoms with van der Waals surface area (Å²) in [7, 11) is 4.13. The van der Waals surface area contributed by atoms with Crippen LogP contribution in [-0.2, 0) is 0 Å². The van der Waals surface area contributed by atoms with Gasteiger partial charge in [-0.2, -0.15) is 0 Å². The van der Waals surface area contributed by atoms with Crippen LogP contribution >= 0.6 is 0 Å². The van der Waals surface area contributed by atoms with Gasteiger partial charge in [-0.3, -0.25) is 0 Å². The van der Waals surface area contributed by atoms with E-state index < -0.39 is 17.7 Å². The number of aliphatic hydroxyl groups excluding tert-OH is 1. The number of hydrogen-bond donors (Lipinski definition) is 1. The topological polar surface area (TPSA) is 26.7 Å². The Labute approximate surface area is 118 Å². The molecule has 0 radical (unpaired) electrons. The van der Waals surface area contributed by atoms with E-state index in [2.05, 4.69) is 23.9 Å². The second kappa shape index (κ2) is 6.61. The fraction of sp³-hybridized carbons (Fsp3) is 0.600. The molecule has 1 aromatic rings. The Hall–Kier alpha value is -1.04. The highest BCUT2D eigenvalue weighted by atomic mass is 19.2. The minimum atomic E-state index is -0.985. The van der Waals surface area contributed by atoms with E-state index in [0.717, 1.165) is 32.0 Å². The van der Waals surface area contributed by atoms with Crippen molar-refractivity contribution in [1.29, 1.82) is 0 Å². The molecule has 3 nitrogen and oxygen atoms in total. The summed E-state index contributed by atoms with van der Waals surface area (Å²) in [5.74, 6) is -1.85. The molecular weight excluding hydrogens is 262 g/mol. The Kier molecular flexibility index (Phi) is 5.07. The molecule has 112 valence electrons. The second-order valence-corrected chi connectivity index (χ2v) is 5.65. The third-order valence-corrected chi connectivity index (χ3v) is 4.06. The maximum absolute atomic E-state index is 13.6. The van der Waals surface area contributed by atoms with Crippen molar-refractivity contribution >= 4 is 0 Å². The van der Waals surface area contributed by atoms with E-state index in [0.29, 0.717) is 12.6 Å². The average Bonchev–Trinajstić information content (AvgIpc) is 2.42. The van der Waals surface area contributed by atoms with Crippen molar-refractivity contribution < 1.29 is 13.9 Å². The molecule has 0 amide bonds. The van der Waals surface area contributed by atoms with E-state index in [1.165, 1.54) is 12.1 Å². The van der Waals surface area contributed by atoms with Crippen molar-refractivity contribution in [2.75, 3.05) is 33.7 Å². The quantitative estimate of drug-likeness (QED) is 0.916. The van der Waals surface area contributed by atoms with Crippen LogP contribution in [0, 0.1) is 11.6 Å². The average molecular weight is 284 g/mol. The minimum absolute atomic E-state index is 0.0414. The molecule has 0 bridgehead atoms. The number of halogens is 2. The van der Waals surface area contributed by atoms with Crippen molar-refractivity contribution in [3.8, 4) is 0 Å². The molecule has 1 atom stereocenters. The normalized spacial score (nSPS) is 19.5. The summed E-state index contributed by atoms with van der Waals surface area (Å²) < 4.78 is 26.8. The highest BCUT2D eigenvalue weighted by molar-refractivity contribution is 5.21. The first-order valence-corrected chi connectivity index (χ1v) is 6.99. The molecule has 1 saturated heterocycles. The van der Waals surface area contributed by atoms with Crippen LogP contribution in [0.3, 0.4) is 0 Å². The van der Waals surface area contributed by atoms with Crippen LogP contribution in [0.4, 0.5) is 8.78 Å². The van der Waals surface area contributed by atoms with Crippen LogP contribution in [-0.4, -0.2) is 54.7 Å². The Balaban J connectivity index is 1.92. The number of nitrogens with zero attached hydrogens (tertiary/aromatic N) is 2. The Morgan fingerprint density at radius 3 is 2.55 bits per heavy atom. The lowest BCUT2D eigenvalue weighted by Gasteiger charge is -2.36. The van der Waals surface area contributed by atoms with Gasteiger partial charge in [0.1, 0.15) is 0 Å². The molecular formula is C15H22F2N2O. The van der Waals surface area contributed by atoms with E-state index in [1.54, 1.807) is 0 Å². The molecule has 1 aliphatic rings. The fourth-order valence-corrected chi connectivity index (χ4v) is 2.74. The molecule has 1 aliphatic heterocycles. The second-order valence-electron chi connectivity index (χ2n) is 5.65. The maximum Gasteiger partial charge on any atom is 0.164 e. The summed E-state index contributed by atoms with van der Waals surface area (Å²) in [6, 6.07) is 4.49. The smallest absolute Gasteiger partial charge is 0.164 e. The van der Waals surface area contributed by atoms with E-state index in [9.17, 15) is 13.9 Å². The van der Waals surface area contributed by atoms with E-state index >= 15 is 0 Å². The number of hydrogen-bond acceptors (Lipinski definition) is 3. The number of benzene rings is 1. The molecule has 5 heteroatoms. The monoisotopic (exact) mass is 284 g/mol. The number of β-amino-alcohol motifs (C(OH)–C–C–N with tert-alkyl or cyclic N) is 1. The predicted octanol–water partition coefficient (Wildman–Crippen LogP) is 2.02. The third kappa shape index (κ3) is 3.53. The summed E-state index contributed by atoms with van der Waals surface area (Å²) in [4.78, 5) is 4.31. The SMILES string of the molecule is CN(C)C1CCN(CC(O)c2cccc(F)c2F)CC1. The van der Waals surface area contributed by atoms with E-state index in [1.807, 2.05) is 0 Å². The third-order valence-electron chi connectivity index (χ3n) is 4.06. The van der Waals surface area contributed by atoms with E-state index in [-0.39, 0.29) is 5.56 Å². The first-order valence-electron chi connectivity index (χ1n) is 6.99. The zero-order valence-electron chi connectivity index (χ0n) is 12.0. The molecule has 0 aliphatic carbocycles. The molecule has 0 aromatic heterocycles. The molecule has 0 saturated carbocycles. The Morgan fingerprint density at radius 1 is 1.30 bits per heavy atom. The van der Waals surface area contributed by atoms with Gasteiger partial charge in [0.05, 0.1) is 6.10 Å². The van der Waals surface area contributed by atoms with Gasteiger partial charge in [-0.05, 0) is 46.1 Å². The highest BCUT2D eigenvalue weighted by Crippen LogP contribution is 2.22. The van der Waals surface area contributed by atoms with Crippen molar-refractivity contribution in [1.82, 2.24) is 9.80 Å². The fourth-order valence-electron chi connectivity index (χ4n) is 2.74. The standard InChI is InChI=1S/C15H22F2N2O/c1-18(2)11-6-8-19(9-7-11)10-14(20)12-4-3-5-13(16)15(12)17/h3-5,11,14,20H,6-10H2,1-2H3. The summed E-state index contributed by atoms with van der Waals surface area (Å²) in [5.41, 5.74) is 0.0414. The predicted molar refractivity (Wildman–Crippen MR) is 74.5 cm³/mol. The van der Waals surface area contributed by atoms with Crippen molar-refractivity contribution in [3.05, 3.63) is 35.4 Å². The van der Waals surface area contributed by atoms with Gasteiger partial charge in [0.25, 0.3) is 0 Å². The number of likely N-dealkylation sites (tertiary alicyclic amines) is 1. The van der Waals surface area contributed by atoms with Gasteiger partial charge in [-0.1, -0.05) is 12.1 Å². The largest absolute Gasteiger partial charge is 0.387 e. The number of rotatable bonds is 4. The molecule has 20 heavy (non-hydrogen) atoms. The zero-order chi connectivity index (χ0) is 14.7. The van der Waals surface area contributed by atoms with Crippen LogP contribution in [0.2, 0.25) is 0 Å². The lowest BCUT2D eigenvalue weighted by Crippen LogP contribution is -2.43. The van der Waals surface area contributed by atoms with E-state index in [4.69, 9.17) is 0 Å². The van der Waals surface area contributed by atoms with Crippen LogP contribution in [0.25, 0.3) is 0 Å². The van der Waals surface area contributed by atoms with Gasteiger partial charge in [0.2, 0.25) is 0 Å². The number of aliphatic hydroxyl groups is 1. The molecule has 1 heterocycles. The van der Waals surface area contributed by atoms with Crippen LogP contribution < -0.4 is 0 Å². The van der Waals surface area contributed by atoms with Gasteiger partial charge in [-0.15, -0.1) is 0 Å². The summed E-state index contributed by atoms with van der Waals surface area (Å²) >= 11 is 0. The van der Waals surface area contributed by atoms with Crippen molar-refractivity contribution in [2.24, 2.45) is 0 Å². The van der Waals surface area contributed by atoms with Crippen LogP contribution in [0.5, 0.6) is 0 Å². The summed E-state index contributed by atoms with van der Waals surface area (Å²) in [6.07, 6.45) is 1.08. The molecule has 1 N–H and O–H groups in total. The minimum Gasteiger partial charge on any atom is -0.387 e. The lowest BCUT2D eigenvalue weighted by atomic mass is 10.0.